The minimum Gasteiger partial charge on any atom is -0.565 e. The van der Waals surface area contributed by atoms with Gasteiger partial charge in [0.2, 0.25) is 0 Å². The van der Waals surface area contributed by atoms with Crippen LogP contribution in [-0.2, 0) is 32.9 Å². The Balaban J connectivity index is 0.000000212. The van der Waals surface area contributed by atoms with Gasteiger partial charge in [-0.15, -0.1) is 12.8 Å². The molecule has 1 unspecified atom stereocenters. The molecule has 1 saturated heterocycles. The van der Waals surface area contributed by atoms with Gasteiger partial charge in [0.25, 0.3) is 0 Å². The van der Waals surface area contributed by atoms with Crippen molar-refractivity contribution >= 4 is 53.1 Å². The molecule has 3 N–H and O–H groups in total. The molecule has 0 spiro atoms. The minimum atomic E-state index is -3.04. The van der Waals surface area contributed by atoms with E-state index in [2.05, 4.69) is 47.1 Å². The highest BCUT2D eigenvalue weighted by Gasteiger charge is 2.15. The molecule has 0 amide bonds. The molecule has 9 rings (SSSR count). The Bertz CT molecular complexity index is 2460. The predicted molar refractivity (Wildman–Crippen MR) is 253 cm³/mol. The molecule has 0 aliphatic carbocycles. The van der Waals surface area contributed by atoms with Crippen LogP contribution < -0.4 is 34.5 Å². The highest BCUT2D eigenvalue weighted by molar-refractivity contribution is 7.30. The third kappa shape index (κ3) is 16.5. The topological polar surface area (TPSA) is 228 Å². The maximum Gasteiger partial charge on any atom is 0.521 e. The lowest BCUT2D eigenvalue weighted by Crippen LogP contribution is -2.15. The Kier molecular flexibility index (Phi) is 21.2. The van der Waals surface area contributed by atoms with Crippen molar-refractivity contribution in [2.24, 2.45) is 0 Å². The molecule has 4 aromatic carbocycles. The van der Waals surface area contributed by atoms with Gasteiger partial charge in [-0.2, -0.15) is 0 Å². The summed E-state index contributed by atoms with van der Waals surface area (Å²) in [5, 5.41) is 15.3. The number of hydrogen-bond donors (Lipinski definition) is 3. The molecule has 5 heterocycles. The van der Waals surface area contributed by atoms with E-state index < -0.39 is 8.25 Å². The van der Waals surface area contributed by atoms with Crippen LogP contribution in [0.4, 0.5) is 23.0 Å². The van der Waals surface area contributed by atoms with Crippen molar-refractivity contribution in [3.8, 4) is 47.7 Å². The predicted octanol–water partition coefficient (Wildman–Crippen LogP) is 6.85. The number of aromatic nitrogens is 4. The van der Waals surface area contributed by atoms with Crippen LogP contribution in [0.5, 0.6) is 23.0 Å². The van der Waals surface area contributed by atoms with Crippen molar-refractivity contribution in [3.63, 3.8) is 0 Å². The van der Waals surface area contributed by atoms with Crippen LogP contribution >= 0.6 is 8.25 Å². The van der Waals surface area contributed by atoms with Crippen molar-refractivity contribution in [2.75, 3.05) is 103 Å². The van der Waals surface area contributed by atoms with Gasteiger partial charge in [0.1, 0.15) is 50.7 Å². The van der Waals surface area contributed by atoms with Crippen molar-refractivity contribution in [2.45, 2.75) is 12.8 Å². The maximum atomic E-state index is 8.93. The minimum absolute atomic E-state index is 0. The molecular weight excluding hydrogens is 900 g/mol. The number of anilines is 4. The average molecular weight is 953 g/mol. The van der Waals surface area contributed by atoms with Gasteiger partial charge < -0.3 is 58.2 Å². The van der Waals surface area contributed by atoms with Gasteiger partial charge in [-0.1, -0.05) is 24.0 Å². The zero-order chi connectivity index (χ0) is 47.6. The molecule has 3 aliphatic heterocycles. The monoisotopic (exact) mass is 952 g/mol. The van der Waals surface area contributed by atoms with Crippen LogP contribution in [0.25, 0.3) is 21.8 Å². The van der Waals surface area contributed by atoms with Gasteiger partial charge in [0.05, 0.1) is 63.9 Å². The number of hydrogen-bond acceptors (Lipinski definition) is 19. The molecule has 6 aromatic rings. The zero-order valence-electron chi connectivity index (χ0n) is 37.1. The Morgan fingerprint density at radius 3 is 1.24 bits per heavy atom. The van der Waals surface area contributed by atoms with Crippen LogP contribution in [0.15, 0.2) is 85.5 Å². The number of rotatable bonds is 5. The van der Waals surface area contributed by atoms with Gasteiger partial charge in [0.15, 0.2) is 23.0 Å². The SMILES string of the molecule is C#Cc1cccc(Nc2ncnc3cc4c(cc23)OCCOCCOCCO4)c1.C#Cc1cccc(Nc2ncnc3cc4c(cc23)OCCOCCOCCO4)c1.C1CCOC1.O=[P+]([O-])OO.[HH]. The maximum absolute atomic E-state index is 8.93. The summed E-state index contributed by atoms with van der Waals surface area (Å²) in [5.41, 5.74) is 4.74. The highest BCUT2D eigenvalue weighted by Crippen LogP contribution is 2.37. The Hall–Kier alpha value is -6.74. The van der Waals surface area contributed by atoms with Crippen molar-refractivity contribution < 1.29 is 63.4 Å². The molecule has 3 aliphatic rings. The number of nitrogens with one attached hydrogen (secondary N) is 2. The number of ether oxygens (including phenoxy) is 9. The molecule has 19 nitrogen and oxygen atoms in total. The highest BCUT2D eigenvalue weighted by atomic mass is 31.1. The van der Waals surface area contributed by atoms with Gasteiger partial charge in [0, 0.05) is 64.7 Å². The van der Waals surface area contributed by atoms with E-state index >= 15 is 0 Å². The molecule has 0 saturated carbocycles. The first-order valence-corrected chi connectivity index (χ1v) is 22.6. The second-order valence-corrected chi connectivity index (χ2v) is 14.9. The average Bonchev–Trinajstić information content (AvgIpc) is 3.96. The number of fused-ring (bicyclic) bond motifs is 4. The van der Waals surface area contributed by atoms with E-state index in [4.69, 9.17) is 70.2 Å². The summed E-state index contributed by atoms with van der Waals surface area (Å²) in [6.07, 6.45) is 16.6. The quantitative estimate of drug-likeness (QED) is 0.0694. The fraction of sp³-hybridized carbons (Fsp3) is 0.333. The number of nitrogens with zero attached hydrogens (tertiary/aromatic N) is 4. The fourth-order valence-electron chi connectivity index (χ4n) is 6.42. The summed E-state index contributed by atoms with van der Waals surface area (Å²) in [5.74, 6) is 9.01. The van der Waals surface area contributed by atoms with E-state index in [0.717, 1.165) is 57.5 Å². The molecule has 68 heavy (non-hydrogen) atoms. The van der Waals surface area contributed by atoms with Gasteiger partial charge in [-0.05, 0) is 65.9 Å². The molecule has 0 radical (unpaired) electrons. The zero-order valence-corrected chi connectivity index (χ0v) is 38.0. The lowest BCUT2D eigenvalue weighted by Gasteiger charge is -2.16. The normalized spacial score (nSPS) is 15.4. The van der Waals surface area contributed by atoms with Crippen molar-refractivity contribution in [1.82, 2.24) is 19.9 Å². The second kappa shape index (κ2) is 28.4. The first kappa shape index (κ1) is 50.7. The number of benzene rings is 4. The molecular formula is C48H53N6O13P. The van der Waals surface area contributed by atoms with Crippen molar-refractivity contribution in [1.29, 1.82) is 0 Å². The fourth-order valence-corrected chi connectivity index (χ4v) is 6.42. The van der Waals surface area contributed by atoms with Gasteiger partial charge in [-0.3, -0.25) is 0 Å². The van der Waals surface area contributed by atoms with Crippen LogP contribution in [0.3, 0.4) is 0 Å². The third-order valence-corrected chi connectivity index (χ3v) is 9.70. The standard InChI is InChI=1S/2C22H21N3O4.C4H8O.HO4P.H2/c2*1-2-16-4-3-5-17(12-16)25-22-18-13-20-21(14-19(18)23-15-24-22)29-11-9-27-7-6-26-8-10-28-20;1-2-4-5-3-1;1-4-5(2)3;/h2*1,3-5,12-15H,6-11H2,(H,23,24,25);1-4H2;1H;1H. The summed E-state index contributed by atoms with van der Waals surface area (Å²) >= 11 is 0. The van der Waals surface area contributed by atoms with Crippen LogP contribution in [0, 0.1) is 24.7 Å². The molecule has 1 atom stereocenters. The molecule has 20 heteroatoms. The van der Waals surface area contributed by atoms with E-state index in [1.165, 1.54) is 25.5 Å². The number of terminal acetylenes is 2. The summed E-state index contributed by atoms with van der Waals surface area (Å²) in [6, 6.07) is 22.6. The van der Waals surface area contributed by atoms with Crippen LogP contribution in [0.2, 0.25) is 0 Å². The second-order valence-electron chi connectivity index (χ2n) is 14.2. The van der Waals surface area contributed by atoms with E-state index in [9.17, 15) is 0 Å². The van der Waals surface area contributed by atoms with E-state index in [1.54, 1.807) is 0 Å². The van der Waals surface area contributed by atoms with Crippen LogP contribution in [0.1, 0.15) is 25.4 Å². The first-order chi connectivity index (χ1) is 33.4. The van der Waals surface area contributed by atoms with E-state index in [0.29, 0.717) is 114 Å². The lowest BCUT2D eigenvalue weighted by molar-refractivity contribution is -0.244. The third-order valence-electron chi connectivity index (χ3n) is 9.56. The lowest BCUT2D eigenvalue weighted by atomic mass is 10.2. The smallest absolute Gasteiger partial charge is 0.521 e. The van der Waals surface area contributed by atoms with Crippen LogP contribution in [-0.4, -0.2) is 118 Å². The molecule has 0 bridgehead atoms. The summed E-state index contributed by atoms with van der Waals surface area (Å²) in [7, 11) is -3.04. The first-order valence-electron chi connectivity index (χ1n) is 21.5. The largest absolute Gasteiger partial charge is 0.565 e. The van der Waals surface area contributed by atoms with E-state index in [1.807, 2.05) is 72.8 Å². The van der Waals surface area contributed by atoms with Gasteiger partial charge >= 0.3 is 8.25 Å². The Morgan fingerprint density at radius 2 is 0.897 bits per heavy atom. The molecule has 358 valence electrons. The summed E-state index contributed by atoms with van der Waals surface area (Å²) in [4.78, 5) is 26.5. The molecule has 2 aromatic heterocycles. The Labute approximate surface area is 395 Å². The summed E-state index contributed by atoms with van der Waals surface area (Å²) < 4.78 is 62.1. The Morgan fingerprint density at radius 1 is 0.544 bits per heavy atom. The van der Waals surface area contributed by atoms with E-state index in [-0.39, 0.29) is 1.43 Å². The summed E-state index contributed by atoms with van der Waals surface area (Å²) in [6.45, 7) is 7.67. The van der Waals surface area contributed by atoms with Gasteiger partial charge in [-0.25, -0.2) is 25.2 Å². The molecule has 1 fully saturated rings. The van der Waals surface area contributed by atoms with Crippen molar-refractivity contribution in [3.05, 3.63) is 96.6 Å².